The molecule has 0 unspecified atom stereocenters. The highest BCUT2D eigenvalue weighted by molar-refractivity contribution is 6.11. The van der Waals surface area contributed by atoms with Gasteiger partial charge in [-0.25, -0.2) is 4.79 Å². The lowest BCUT2D eigenvalue weighted by Gasteiger charge is -2.07. The molecule has 0 radical (unpaired) electrons. The van der Waals surface area contributed by atoms with Crippen LogP contribution in [0.25, 0.3) is 10.9 Å². The van der Waals surface area contributed by atoms with Crippen LogP contribution in [0.1, 0.15) is 34.1 Å². The first-order chi connectivity index (χ1) is 11.7. The molecule has 1 aromatic heterocycles. The first-order valence-electron chi connectivity index (χ1n) is 7.69. The second-order valence-electron chi connectivity index (χ2n) is 5.31. The summed E-state index contributed by atoms with van der Waals surface area (Å²) < 4.78 is 5.07. The number of hydrogen-bond acceptors (Lipinski definition) is 4. The number of aromatic amines is 1. The van der Waals surface area contributed by atoms with Gasteiger partial charge in [-0.15, -0.1) is 0 Å². The minimum absolute atomic E-state index is 0.244. The highest BCUT2D eigenvalue weighted by Crippen LogP contribution is 2.18. The fourth-order valence-corrected chi connectivity index (χ4v) is 2.32. The van der Waals surface area contributed by atoms with E-state index in [-0.39, 0.29) is 11.9 Å². The van der Waals surface area contributed by atoms with Gasteiger partial charge in [-0.3, -0.25) is 9.89 Å². The molecule has 2 aromatic carbocycles. The van der Waals surface area contributed by atoms with E-state index in [1.165, 1.54) is 0 Å². The molecule has 6 nitrogen and oxygen atoms in total. The van der Waals surface area contributed by atoms with Crippen molar-refractivity contribution in [3.63, 3.8) is 0 Å². The third kappa shape index (κ3) is 3.27. The molecule has 0 saturated carbocycles. The summed E-state index contributed by atoms with van der Waals surface area (Å²) in [5, 5.41) is 10.5. The Hall–Kier alpha value is -3.15. The number of fused-ring (bicyclic) bond motifs is 1. The number of nitrogens with zero attached hydrogens (tertiary/aromatic N) is 1. The monoisotopic (exact) mass is 323 g/mol. The molecule has 0 aliphatic carbocycles. The van der Waals surface area contributed by atoms with E-state index in [4.69, 9.17) is 4.74 Å². The van der Waals surface area contributed by atoms with Gasteiger partial charge in [-0.2, -0.15) is 5.10 Å². The third-order valence-corrected chi connectivity index (χ3v) is 3.54. The number of rotatable bonds is 5. The number of hydrogen-bond donors (Lipinski definition) is 2. The Labute approximate surface area is 138 Å². The van der Waals surface area contributed by atoms with Gasteiger partial charge < -0.3 is 10.1 Å². The number of aromatic nitrogens is 2. The van der Waals surface area contributed by atoms with Crippen LogP contribution in [0.15, 0.2) is 48.7 Å². The number of benzene rings is 2. The first-order valence-corrected chi connectivity index (χ1v) is 7.69. The lowest BCUT2D eigenvalue weighted by atomic mass is 10.1. The van der Waals surface area contributed by atoms with E-state index in [0.29, 0.717) is 28.9 Å². The van der Waals surface area contributed by atoms with E-state index >= 15 is 0 Å². The Morgan fingerprint density at radius 2 is 1.96 bits per heavy atom. The van der Waals surface area contributed by atoms with E-state index in [1.807, 2.05) is 13.0 Å². The van der Waals surface area contributed by atoms with Crippen LogP contribution in [0.3, 0.4) is 0 Å². The van der Waals surface area contributed by atoms with Crippen molar-refractivity contribution < 1.29 is 14.3 Å². The van der Waals surface area contributed by atoms with E-state index in [0.717, 1.165) is 11.8 Å². The van der Waals surface area contributed by atoms with Gasteiger partial charge in [-0.1, -0.05) is 19.1 Å². The Bertz CT molecular complexity index is 869. The average Bonchev–Trinajstić information content (AvgIpc) is 3.08. The second kappa shape index (κ2) is 6.95. The summed E-state index contributed by atoms with van der Waals surface area (Å²) in [6.07, 6.45) is 2.45. The summed E-state index contributed by atoms with van der Waals surface area (Å²) >= 11 is 0. The Kier molecular flexibility index (Phi) is 4.56. The third-order valence-electron chi connectivity index (χ3n) is 3.54. The number of para-hydroxylation sites is 1. The van der Waals surface area contributed by atoms with Gasteiger partial charge in [0.05, 0.1) is 29.4 Å². The molecule has 122 valence electrons. The number of amides is 1. The smallest absolute Gasteiger partial charge is 0.338 e. The summed E-state index contributed by atoms with van der Waals surface area (Å²) in [4.78, 5) is 24.2. The lowest BCUT2D eigenvalue weighted by molar-refractivity contribution is 0.0505. The summed E-state index contributed by atoms with van der Waals surface area (Å²) in [5.74, 6) is -0.608. The van der Waals surface area contributed by atoms with Crippen molar-refractivity contribution >= 4 is 28.5 Å². The lowest BCUT2D eigenvalue weighted by Crippen LogP contribution is -2.13. The fraction of sp³-hybridized carbons (Fsp3) is 0.167. The predicted octanol–water partition coefficient (Wildman–Crippen LogP) is 3.38. The van der Waals surface area contributed by atoms with Crippen LogP contribution < -0.4 is 5.32 Å². The zero-order valence-electron chi connectivity index (χ0n) is 13.2. The number of anilines is 1. The van der Waals surface area contributed by atoms with E-state index in [1.54, 1.807) is 42.6 Å². The molecule has 3 rings (SSSR count). The molecular formula is C18H17N3O3. The number of carbonyl (C=O) groups excluding carboxylic acids is 2. The van der Waals surface area contributed by atoms with Crippen LogP contribution in [-0.2, 0) is 4.74 Å². The van der Waals surface area contributed by atoms with Crippen LogP contribution in [0.5, 0.6) is 0 Å². The van der Waals surface area contributed by atoms with Crippen molar-refractivity contribution in [1.82, 2.24) is 10.2 Å². The molecule has 1 amide bonds. The maximum absolute atomic E-state index is 12.4. The average molecular weight is 323 g/mol. The molecule has 6 heteroatoms. The summed E-state index contributed by atoms with van der Waals surface area (Å²) in [7, 11) is 0. The molecule has 0 aliphatic rings. The van der Waals surface area contributed by atoms with Gasteiger partial charge >= 0.3 is 5.97 Å². The molecule has 3 aromatic rings. The maximum Gasteiger partial charge on any atom is 0.338 e. The molecule has 0 saturated heterocycles. The van der Waals surface area contributed by atoms with Gasteiger partial charge in [0.25, 0.3) is 5.91 Å². The van der Waals surface area contributed by atoms with Gasteiger partial charge in [0.1, 0.15) is 0 Å². The van der Waals surface area contributed by atoms with Crippen molar-refractivity contribution in [2.45, 2.75) is 13.3 Å². The zero-order valence-corrected chi connectivity index (χ0v) is 13.2. The molecule has 0 spiro atoms. The molecule has 0 bridgehead atoms. The second-order valence-corrected chi connectivity index (χ2v) is 5.31. The van der Waals surface area contributed by atoms with Gasteiger partial charge in [0, 0.05) is 11.1 Å². The SMILES string of the molecule is CCCOC(=O)c1ccc(NC(=O)c2cccc3cn[nH]c23)cc1. The Morgan fingerprint density at radius 3 is 2.71 bits per heavy atom. The van der Waals surface area contributed by atoms with Crippen molar-refractivity contribution in [1.29, 1.82) is 0 Å². The van der Waals surface area contributed by atoms with E-state index in [2.05, 4.69) is 15.5 Å². The molecule has 0 aliphatic heterocycles. The maximum atomic E-state index is 12.4. The largest absolute Gasteiger partial charge is 0.462 e. The molecule has 24 heavy (non-hydrogen) atoms. The van der Waals surface area contributed by atoms with Crippen LogP contribution in [-0.4, -0.2) is 28.7 Å². The van der Waals surface area contributed by atoms with E-state index in [9.17, 15) is 9.59 Å². The first kappa shape index (κ1) is 15.7. The highest BCUT2D eigenvalue weighted by atomic mass is 16.5. The summed E-state index contributed by atoms with van der Waals surface area (Å²) in [6, 6.07) is 12.0. The normalized spacial score (nSPS) is 10.5. The summed E-state index contributed by atoms with van der Waals surface area (Å²) in [6.45, 7) is 2.33. The standard InChI is InChI=1S/C18H17N3O3/c1-2-10-24-18(23)12-6-8-14(9-7-12)20-17(22)15-5-3-4-13-11-19-21-16(13)15/h3-9,11H,2,10H2,1H3,(H,19,21)(H,20,22). The van der Waals surface area contributed by atoms with Crippen LogP contribution >= 0.6 is 0 Å². The molecule has 0 atom stereocenters. The van der Waals surface area contributed by atoms with Gasteiger partial charge in [0.15, 0.2) is 0 Å². The number of carbonyl (C=O) groups is 2. The topological polar surface area (TPSA) is 84.1 Å². The van der Waals surface area contributed by atoms with E-state index < -0.39 is 0 Å². The number of H-pyrrole nitrogens is 1. The van der Waals surface area contributed by atoms with Crippen molar-refractivity contribution in [3.05, 3.63) is 59.8 Å². The number of nitrogens with one attached hydrogen (secondary N) is 2. The van der Waals surface area contributed by atoms with Crippen LogP contribution in [0.4, 0.5) is 5.69 Å². The molecule has 1 heterocycles. The minimum Gasteiger partial charge on any atom is -0.462 e. The minimum atomic E-state index is -0.364. The van der Waals surface area contributed by atoms with Crippen molar-refractivity contribution in [2.75, 3.05) is 11.9 Å². The van der Waals surface area contributed by atoms with Gasteiger partial charge in [-0.05, 0) is 36.8 Å². The van der Waals surface area contributed by atoms with Crippen LogP contribution in [0, 0.1) is 0 Å². The molecule has 2 N–H and O–H groups in total. The molecular weight excluding hydrogens is 306 g/mol. The van der Waals surface area contributed by atoms with Gasteiger partial charge in [0.2, 0.25) is 0 Å². The fourth-order valence-electron chi connectivity index (χ4n) is 2.32. The number of ether oxygens (including phenoxy) is 1. The Balaban J connectivity index is 1.73. The van der Waals surface area contributed by atoms with Crippen molar-refractivity contribution in [2.24, 2.45) is 0 Å². The summed E-state index contributed by atoms with van der Waals surface area (Å²) in [5.41, 5.74) is 2.26. The predicted molar refractivity (Wildman–Crippen MR) is 91.1 cm³/mol. The highest BCUT2D eigenvalue weighted by Gasteiger charge is 2.12. The van der Waals surface area contributed by atoms with Crippen LogP contribution in [0.2, 0.25) is 0 Å². The zero-order chi connectivity index (χ0) is 16.9. The van der Waals surface area contributed by atoms with Crippen molar-refractivity contribution in [3.8, 4) is 0 Å². The quantitative estimate of drug-likeness (QED) is 0.705. The number of esters is 1. The molecule has 0 fully saturated rings. The Morgan fingerprint density at radius 1 is 1.17 bits per heavy atom.